The molecule has 2 N–H and O–H groups in total. The van der Waals surface area contributed by atoms with Gasteiger partial charge < -0.3 is 19.9 Å². The Balaban J connectivity index is 4.40. The Morgan fingerprint density at radius 2 is 1.20 bits per heavy atom. The van der Waals surface area contributed by atoms with Gasteiger partial charge in [-0.15, -0.1) is 19.3 Å². The fraction of sp³-hybridized carbons (Fsp3) is 0.455. The maximum absolute atomic E-state index is 5.45. The summed E-state index contributed by atoms with van der Waals surface area (Å²) in [7, 11) is 0. The highest BCUT2D eigenvalue weighted by Gasteiger charge is 2.31. The summed E-state index contributed by atoms with van der Waals surface area (Å²) in [6.45, 7) is -0.0803. The smallest absolute Gasteiger partial charge is 0.298 e. The van der Waals surface area contributed by atoms with Gasteiger partial charge in [0.1, 0.15) is 19.8 Å². The number of terminal acetylenes is 3. The van der Waals surface area contributed by atoms with Gasteiger partial charge in [0.2, 0.25) is 0 Å². The molecule has 0 atom stereocenters. The minimum Gasteiger partial charge on any atom is -0.324 e. The zero-order valence-electron chi connectivity index (χ0n) is 8.36. The van der Waals surface area contributed by atoms with E-state index in [-0.39, 0.29) is 26.4 Å². The summed E-state index contributed by atoms with van der Waals surface area (Å²) in [5, 5.41) is 0. The third kappa shape index (κ3) is 5.08. The van der Waals surface area contributed by atoms with Crippen molar-refractivity contribution < 1.29 is 14.2 Å². The van der Waals surface area contributed by atoms with Crippen LogP contribution in [0.5, 0.6) is 0 Å². The third-order valence-corrected chi connectivity index (χ3v) is 1.38. The van der Waals surface area contributed by atoms with Crippen LogP contribution in [0.3, 0.4) is 0 Å². The quantitative estimate of drug-likeness (QED) is 0.454. The van der Waals surface area contributed by atoms with Crippen LogP contribution >= 0.6 is 0 Å². The van der Waals surface area contributed by atoms with Crippen LogP contribution in [0.2, 0.25) is 0 Å². The second kappa shape index (κ2) is 7.88. The Kier molecular flexibility index (Phi) is 7.10. The van der Waals surface area contributed by atoms with Gasteiger partial charge in [-0.1, -0.05) is 17.8 Å². The normalized spacial score (nSPS) is 10.0. The molecular formula is C11H13NO3. The second-order valence-corrected chi connectivity index (χ2v) is 2.37. The average Bonchev–Trinajstić information content (AvgIpc) is 2.29. The molecule has 0 spiro atoms. The number of rotatable bonds is 7. The van der Waals surface area contributed by atoms with Crippen LogP contribution in [-0.2, 0) is 14.2 Å². The minimum atomic E-state index is -1.45. The number of hydrogen-bond donors (Lipinski definition) is 1. The van der Waals surface area contributed by atoms with Crippen LogP contribution in [0, 0.1) is 37.0 Å². The predicted octanol–water partition coefficient (Wildman–Crippen LogP) is -0.452. The number of ether oxygens (including phenoxy) is 3. The third-order valence-electron chi connectivity index (χ3n) is 1.38. The molecular weight excluding hydrogens is 194 g/mol. The Morgan fingerprint density at radius 1 is 0.867 bits per heavy atom. The van der Waals surface area contributed by atoms with E-state index >= 15 is 0 Å². The lowest BCUT2D eigenvalue weighted by Crippen LogP contribution is -2.46. The summed E-state index contributed by atoms with van der Waals surface area (Å²) in [5.74, 6) is 5.35. The summed E-state index contributed by atoms with van der Waals surface area (Å²) >= 11 is 0. The maximum atomic E-state index is 5.45. The molecule has 0 heterocycles. The average molecular weight is 207 g/mol. The molecule has 0 bridgehead atoms. The summed E-state index contributed by atoms with van der Waals surface area (Å²) < 4.78 is 15.4. The first-order valence-electron chi connectivity index (χ1n) is 4.17. The standard InChI is InChI=1S/C11H13NO3/c1-4-7-13-11(10-12,14-8-5-2)15-9-6-3/h1-3H,7-10,12H2. The lowest BCUT2D eigenvalue weighted by atomic mass is 10.5. The van der Waals surface area contributed by atoms with Crippen molar-refractivity contribution in [3.05, 3.63) is 0 Å². The van der Waals surface area contributed by atoms with E-state index in [4.69, 9.17) is 39.2 Å². The van der Waals surface area contributed by atoms with E-state index in [2.05, 4.69) is 17.8 Å². The SMILES string of the molecule is C#CCOC(CN)(OCC#C)OCC#C. The molecule has 0 saturated heterocycles. The summed E-state index contributed by atoms with van der Waals surface area (Å²) in [6, 6.07) is 0. The van der Waals surface area contributed by atoms with Crippen molar-refractivity contribution in [3.63, 3.8) is 0 Å². The topological polar surface area (TPSA) is 53.7 Å². The van der Waals surface area contributed by atoms with Crippen LogP contribution in [0.4, 0.5) is 0 Å². The zero-order valence-corrected chi connectivity index (χ0v) is 8.36. The molecule has 0 radical (unpaired) electrons. The van der Waals surface area contributed by atoms with E-state index in [1.54, 1.807) is 0 Å². The second-order valence-electron chi connectivity index (χ2n) is 2.37. The van der Waals surface area contributed by atoms with Gasteiger partial charge in [-0.05, 0) is 0 Å². The van der Waals surface area contributed by atoms with E-state index in [0.29, 0.717) is 0 Å². The van der Waals surface area contributed by atoms with Gasteiger partial charge in [0.15, 0.2) is 0 Å². The van der Waals surface area contributed by atoms with E-state index in [0.717, 1.165) is 0 Å². The Bertz CT molecular complexity index is 247. The molecule has 0 unspecified atom stereocenters. The molecule has 4 nitrogen and oxygen atoms in total. The Hall–Kier alpha value is -1.48. The van der Waals surface area contributed by atoms with Crippen molar-refractivity contribution in [2.24, 2.45) is 5.73 Å². The molecule has 0 saturated carbocycles. The van der Waals surface area contributed by atoms with Gasteiger partial charge in [-0.2, -0.15) is 0 Å². The Labute approximate surface area is 90.1 Å². The van der Waals surface area contributed by atoms with Crippen LogP contribution in [0.1, 0.15) is 0 Å². The summed E-state index contributed by atoms with van der Waals surface area (Å²) in [6.07, 6.45) is 15.1. The highest BCUT2D eigenvalue weighted by Crippen LogP contribution is 2.13. The largest absolute Gasteiger partial charge is 0.324 e. The first-order chi connectivity index (χ1) is 7.24. The first-order valence-corrected chi connectivity index (χ1v) is 4.17. The van der Waals surface area contributed by atoms with Gasteiger partial charge in [-0.25, -0.2) is 0 Å². The number of hydrogen-bond acceptors (Lipinski definition) is 4. The van der Waals surface area contributed by atoms with Gasteiger partial charge in [-0.3, -0.25) is 0 Å². The monoisotopic (exact) mass is 207 g/mol. The summed E-state index contributed by atoms with van der Waals surface area (Å²) in [4.78, 5) is 0. The van der Waals surface area contributed by atoms with Crippen molar-refractivity contribution in [2.75, 3.05) is 26.4 Å². The highest BCUT2D eigenvalue weighted by atomic mass is 16.9. The molecule has 0 aliphatic heterocycles. The highest BCUT2D eigenvalue weighted by molar-refractivity contribution is 4.88. The maximum Gasteiger partial charge on any atom is 0.298 e. The molecule has 0 aromatic heterocycles. The van der Waals surface area contributed by atoms with Crippen LogP contribution in [-0.4, -0.2) is 32.3 Å². The molecule has 0 aromatic rings. The van der Waals surface area contributed by atoms with Crippen molar-refractivity contribution in [3.8, 4) is 37.0 Å². The van der Waals surface area contributed by atoms with Crippen LogP contribution < -0.4 is 5.73 Å². The van der Waals surface area contributed by atoms with Crippen molar-refractivity contribution in [1.29, 1.82) is 0 Å². The molecule has 0 aromatic carbocycles. The molecule has 4 heteroatoms. The van der Waals surface area contributed by atoms with Crippen LogP contribution in [0.25, 0.3) is 0 Å². The molecule has 80 valence electrons. The number of nitrogens with two attached hydrogens (primary N) is 1. The lowest BCUT2D eigenvalue weighted by molar-refractivity contribution is -0.361. The molecule has 0 fully saturated rings. The molecule has 0 aliphatic rings. The molecule has 0 rings (SSSR count). The molecule has 0 aliphatic carbocycles. The fourth-order valence-electron chi connectivity index (χ4n) is 0.757. The lowest BCUT2D eigenvalue weighted by Gasteiger charge is -2.29. The van der Waals surface area contributed by atoms with Gasteiger partial charge in [0.05, 0.1) is 6.54 Å². The Morgan fingerprint density at radius 3 is 1.40 bits per heavy atom. The van der Waals surface area contributed by atoms with Gasteiger partial charge in [0, 0.05) is 0 Å². The minimum absolute atomic E-state index is 0.00760. The molecule has 15 heavy (non-hydrogen) atoms. The van der Waals surface area contributed by atoms with Crippen molar-refractivity contribution >= 4 is 0 Å². The van der Waals surface area contributed by atoms with E-state index in [1.165, 1.54) is 0 Å². The first kappa shape index (κ1) is 13.5. The summed E-state index contributed by atoms with van der Waals surface area (Å²) in [5.41, 5.74) is 5.45. The van der Waals surface area contributed by atoms with Gasteiger partial charge in [0.25, 0.3) is 5.97 Å². The fourth-order valence-corrected chi connectivity index (χ4v) is 0.757. The van der Waals surface area contributed by atoms with E-state index in [1.807, 2.05) is 0 Å². The predicted molar refractivity (Wildman–Crippen MR) is 56.1 cm³/mol. The van der Waals surface area contributed by atoms with E-state index < -0.39 is 5.97 Å². The zero-order chi connectivity index (χ0) is 11.6. The van der Waals surface area contributed by atoms with Crippen LogP contribution in [0.15, 0.2) is 0 Å². The van der Waals surface area contributed by atoms with Gasteiger partial charge >= 0.3 is 0 Å². The van der Waals surface area contributed by atoms with E-state index in [9.17, 15) is 0 Å². The van der Waals surface area contributed by atoms with Crippen molar-refractivity contribution in [1.82, 2.24) is 0 Å². The molecule has 0 amide bonds. The van der Waals surface area contributed by atoms with Crippen molar-refractivity contribution in [2.45, 2.75) is 5.97 Å².